The summed E-state index contributed by atoms with van der Waals surface area (Å²) in [6.45, 7) is 2.88. The molecule has 0 fully saturated rings. The number of carbonyl (C=O) groups is 4. The van der Waals surface area contributed by atoms with Gasteiger partial charge in [-0.1, -0.05) is 38.1 Å². The van der Waals surface area contributed by atoms with Gasteiger partial charge < -0.3 is 18.9 Å². The van der Waals surface area contributed by atoms with Crippen molar-refractivity contribution in [1.82, 2.24) is 0 Å². The van der Waals surface area contributed by atoms with E-state index < -0.39 is 37.5 Å². The molecule has 0 aliphatic rings. The zero-order valence-electron chi connectivity index (χ0n) is 18.9. The van der Waals surface area contributed by atoms with Crippen molar-refractivity contribution < 1.29 is 47.9 Å². The Hall–Kier alpha value is -4.08. The smallest absolute Gasteiger partial charge is 0.390 e. The fourth-order valence-corrected chi connectivity index (χ4v) is 2.56. The maximum absolute atomic E-state index is 12.4. The SMILES string of the molecule is CCCC(=O)OCOc1ccccc1C(=O)OOC(=O)c1ccccc1OCOC(=O)CCC. The molecule has 0 amide bonds. The summed E-state index contributed by atoms with van der Waals surface area (Å²) in [4.78, 5) is 57.0. The van der Waals surface area contributed by atoms with Gasteiger partial charge in [-0.15, -0.1) is 0 Å². The number of hydrogen-bond donors (Lipinski definition) is 0. The van der Waals surface area contributed by atoms with Crippen molar-refractivity contribution in [3.05, 3.63) is 59.7 Å². The lowest BCUT2D eigenvalue weighted by Crippen LogP contribution is -2.16. The number of hydrogen-bond acceptors (Lipinski definition) is 10. The van der Waals surface area contributed by atoms with Gasteiger partial charge in [0.2, 0.25) is 13.6 Å². The van der Waals surface area contributed by atoms with E-state index in [0.717, 1.165) is 0 Å². The molecule has 10 nitrogen and oxygen atoms in total. The Kier molecular flexibility index (Phi) is 10.9. The van der Waals surface area contributed by atoms with Crippen LogP contribution in [0.1, 0.15) is 60.2 Å². The summed E-state index contributed by atoms with van der Waals surface area (Å²) in [6, 6.07) is 12.0. The molecule has 0 bridgehead atoms. The Balaban J connectivity index is 1.94. The van der Waals surface area contributed by atoms with Crippen LogP contribution in [0.2, 0.25) is 0 Å². The second-order valence-corrected chi connectivity index (χ2v) is 6.79. The number of carbonyl (C=O) groups excluding carboxylic acids is 4. The van der Waals surface area contributed by atoms with Crippen LogP contribution < -0.4 is 9.47 Å². The minimum Gasteiger partial charge on any atom is -0.456 e. The fraction of sp³-hybridized carbons (Fsp3) is 0.333. The molecule has 0 spiro atoms. The highest BCUT2D eigenvalue weighted by Gasteiger charge is 2.20. The van der Waals surface area contributed by atoms with Crippen molar-refractivity contribution in [3.8, 4) is 11.5 Å². The normalized spacial score (nSPS) is 10.1. The monoisotopic (exact) mass is 474 g/mol. The molecule has 182 valence electrons. The van der Waals surface area contributed by atoms with Crippen molar-refractivity contribution in [2.45, 2.75) is 39.5 Å². The minimum absolute atomic E-state index is 0.0470. The number of benzene rings is 2. The van der Waals surface area contributed by atoms with Crippen LogP contribution in [0.25, 0.3) is 0 Å². The van der Waals surface area contributed by atoms with Crippen LogP contribution in [0.4, 0.5) is 0 Å². The maximum atomic E-state index is 12.4. The largest absolute Gasteiger partial charge is 0.456 e. The Morgan fingerprint density at radius 1 is 0.618 bits per heavy atom. The lowest BCUT2D eigenvalue weighted by atomic mass is 10.2. The van der Waals surface area contributed by atoms with Crippen LogP contribution in [-0.4, -0.2) is 37.5 Å². The van der Waals surface area contributed by atoms with E-state index in [1.54, 1.807) is 24.3 Å². The second kappa shape index (κ2) is 14.1. The van der Waals surface area contributed by atoms with Gasteiger partial charge in [-0.3, -0.25) is 9.59 Å². The summed E-state index contributed by atoms with van der Waals surface area (Å²) in [5.74, 6) is -2.72. The molecule has 0 N–H and O–H groups in total. The van der Waals surface area contributed by atoms with Crippen LogP contribution in [-0.2, 0) is 28.8 Å². The molecule has 0 saturated heterocycles. The number of rotatable bonds is 12. The number of para-hydroxylation sites is 2. The molecule has 34 heavy (non-hydrogen) atoms. The van der Waals surface area contributed by atoms with Gasteiger partial charge in [0.15, 0.2) is 0 Å². The first-order valence-corrected chi connectivity index (χ1v) is 10.6. The summed E-state index contributed by atoms with van der Waals surface area (Å²) >= 11 is 0. The summed E-state index contributed by atoms with van der Waals surface area (Å²) in [5, 5.41) is 0. The van der Waals surface area contributed by atoms with Crippen LogP contribution in [0, 0.1) is 0 Å². The molecule has 0 aromatic heterocycles. The lowest BCUT2D eigenvalue weighted by molar-refractivity contribution is -0.187. The molecule has 0 heterocycles. The average Bonchev–Trinajstić information content (AvgIpc) is 2.83. The van der Waals surface area contributed by atoms with Gasteiger partial charge >= 0.3 is 23.9 Å². The van der Waals surface area contributed by atoms with E-state index in [1.165, 1.54) is 24.3 Å². The topological polar surface area (TPSA) is 124 Å². The van der Waals surface area contributed by atoms with E-state index in [4.69, 9.17) is 18.9 Å². The third-order valence-electron chi connectivity index (χ3n) is 4.18. The zero-order chi connectivity index (χ0) is 24.8. The highest BCUT2D eigenvalue weighted by atomic mass is 17.2. The zero-order valence-corrected chi connectivity index (χ0v) is 18.9. The predicted octanol–water partition coefficient (Wildman–Crippen LogP) is 3.97. The van der Waals surface area contributed by atoms with E-state index in [1.807, 2.05) is 13.8 Å². The van der Waals surface area contributed by atoms with Gasteiger partial charge in [-0.05, 0) is 37.1 Å². The van der Waals surface area contributed by atoms with E-state index >= 15 is 0 Å². The third-order valence-corrected chi connectivity index (χ3v) is 4.18. The van der Waals surface area contributed by atoms with Crippen molar-refractivity contribution in [2.75, 3.05) is 13.6 Å². The summed E-state index contributed by atoms with van der Waals surface area (Å²) in [5.41, 5.74) is -0.0941. The fourth-order valence-electron chi connectivity index (χ4n) is 2.56. The molecule has 0 aliphatic carbocycles. The number of esters is 2. The lowest BCUT2D eigenvalue weighted by Gasteiger charge is -2.12. The second-order valence-electron chi connectivity index (χ2n) is 6.79. The highest BCUT2D eigenvalue weighted by Crippen LogP contribution is 2.22. The van der Waals surface area contributed by atoms with E-state index in [9.17, 15) is 19.2 Å². The van der Waals surface area contributed by atoms with Crippen LogP contribution in [0.3, 0.4) is 0 Å². The first-order valence-electron chi connectivity index (χ1n) is 10.6. The molecule has 2 aromatic carbocycles. The molecule has 0 aliphatic heterocycles. The first-order chi connectivity index (χ1) is 16.5. The Labute approximate surface area is 196 Å². The molecular formula is C24H26O10. The maximum Gasteiger partial charge on any atom is 0.390 e. The standard InChI is InChI=1S/C24H26O10/c1-3-9-21(25)31-15-29-19-13-7-5-11-17(19)23(27)33-34-24(28)18-12-6-8-14-20(18)30-16-32-22(26)10-4-2/h5-8,11-14H,3-4,9-10,15-16H2,1-2H3. The minimum atomic E-state index is -1.00. The highest BCUT2D eigenvalue weighted by molar-refractivity contribution is 5.95. The van der Waals surface area contributed by atoms with E-state index in [2.05, 4.69) is 9.78 Å². The van der Waals surface area contributed by atoms with Crippen LogP contribution >= 0.6 is 0 Å². The van der Waals surface area contributed by atoms with Crippen molar-refractivity contribution >= 4 is 23.9 Å². The predicted molar refractivity (Wildman–Crippen MR) is 117 cm³/mol. The van der Waals surface area contributed by atoms with Gasteiger partial charge in [-0.25, -0.2) is 19.4 Å². The molecular weight excluding hydrogens is 448 g/mol. The molecule has 2 rings (SSSR count). The Bertz CT molecular complexity index is 906. The van der Waals surface area contributed by atoms with E-state index in [0.29, 0.717) is 12.8 Å². The quantitative estimate of drug-likeness (QED) is 0.193. The van der Waals surface area contributed by atoms with Crippen molar-refractivity contribution in [3.63, 3.8) is 0 Å². The van der Waals surface area contributed by atoms with Gasteiger partial charge in [0.05, 0.1) is 0 Å². The molecule has 0 radical (unpaired) electrons. The van der Waals surface area contributed by atoms with Crippen LogP contribution in [0.15, 0.2) is 48.5 Å². The molecule has 0 atom stereocenters. The van der Waals surface area contributed by atoms with Crippen molar-refractivity contribution in [1.29, 1.82) is 0 Å². The summed E-state index contributed by atoms with van der Waals surface area (Å²) < 4.78 is 20.5. The van der Waals surface area contributed by atoms with Crippen LogP contribution in [0.5, 0.6) is 11.5 Å². The average molecular weight is 474 g/mol. The number of ether oxygens (including phenoxy) is 4. The van der Waals surface area contributed by atoms with Crippen molar-refractivity contribution in [2.24, 2.45) is 0 Å². The molecule has 10 heteroatoms. The van der Waals surface area contributed by atoms with Gasteiger partial charge in [-0.2, -0.15) is 0 Å². The molecule has 0 unspecified atom stereocenters. The summed E-state index contributed by atoms with van der Waals surface area (Å²) in [7, 11) is 0. The molecule has 0 saturated carbocycles. The van der Waals surface area contributed by atoms with Gasteiger partial charge in [0.1, 0.15) is 22.6 Å². The Morgan fingerprint density at radius 2 is 1.00 bits per heavy atom. The molecule has 2 aromatic rings. The van der Waals surface area contributed by atoms with E-state index in [-0.39, 0.29) is 35.5 Å². The third kappa shape index (κ3) is 8.45. The van der Waals surface area contributed by atoms with Gasteiger partial charge in [0.25, 0.3) is 0 Å². The Morgan fingerprint density at radius 3 is 1.38 bits per heavy atom. The summed E-state index contributed by atoms with van der Waals surface area (Å²) in [6.07, 6.45) is 1.75. The van der Waals surface area contributed by atoms with Gasteiger partial charge in [0, 0.05) is 12.8 Å². The first kappa shape index (κ1) is 26.2.